The fourth-order valence-electron chi connectivity index (χ4n) is 4.72. The van der Waals surface area contributed by atoms with Crippen LogP contribution in [0.15, 0.2) is 83.4 Å². The van der Waals surface area contributed by atoms with Gasteiger partial charge in [-0.1, -0.05) is 84.0 Å². The minimum Gasteiger partial charge on any atom is -0.481 e. The molecule has 1 aliphatic rings. The third kappa shape index (κ3) is 4.66. The van der Waals surface area contributed by atoms with Crippen molar-refractivity contribution in [3.8, 4) is 22.5 Å². The van der Waals surface area contributed by atoms with Crippen LogP contribution >= 0.6 is 0 Å². The summed E-state index contributed by atoms with van der Waals surface area (Å²) in [5.74, 6) is -0.858. The van der Waals surface area contributed by atoms with Crippen LogP contribution in [0.25, 0.3) is 22.5 Å². The van der Waals surface area contributed by atoms with E-state index in [1.165, 1.54) is 4.90 Å². The second-order valence-electron chi connectivity index (χ2n) is 9.64. The van der Waals surface area contributed by atoms with Gasteiger partial charge < -0.3 is 19.6 Å². The van der Waals surface area contributed by atoms with Gasteiger partial charge in [0.15, 0.2) is 11.9 Å². The number of likely N-dealkylation sites (N-methyl/N-ethyl adjacent to an activating group) is 1. The highest BCUT2D eigenvalue weighted by Crippen LogP contribution is 2.48. The molecule has 5 rings (SSSR count). The van der Waals surface area contributed by atoms with Gasteiger partial charge in [0.05, 0.1) is 16.7 Å². The molecule has 1 fully saturated rings. The van der Waals surface area contributed by atoms with Crippen LogP contribution in [0.1, 0.15) is 41.3 Å². The maximum Gasteiger partial charge on any atom is 0.314 e. The number of aliphatic hydroxyl groups is 1. The Balaban J connectivity index is 1.35. The zero-order valence-electron chi connectivity index (χ0n) is 20.7. The number of hydrogen-bond acceptors (Lipinski definition) is 5. The first-order valence-corrected chi connectivity index (χ1v) is 12.2. The maximum atomic E-state index is 13.0. The van der Waals surface area contributed by atoms with Crippen LogP contribution in [0.4, 0.5) is 0 Å². The molecule has 3 aromatic carbocycles. The average molecular weight is 497 g/mol. The molecule has 0 saturated heterocycles. The molecular weight excluding hydrogens is 468 g/mol. The molecular formula is C30H28N2O5. The molecule has 37 heavy (non-hydrogen) atoms. The summed E-state index contributed by atoms with van der Waals surface area (Å²) in [5, 5.41) is 24.5. The van der Waals surface area contributed by atoms with Crippen LogP contribution in [0, 0.1) is 6.92 Å². The predicted molar refractivity (Wildman–Crippen MR) is 139 cm³/mol. The molecule has 1 atom stereocenters. The molecule has 1 heterocycles. The Hall–Kier alpha value is -4.23. The SMILES string of the molecule is Cc1noc(-c2ccc(-c3ccc(C4(C(=O)O)CC4)cc3)cc2)c1C(O)C(=O)N(C)Cc1ccccc1. The van der Waals surface area contributed by atoms with E-state index in [1.807, 2.05) is 78.9 Å². The Morgan fingerprint density at radius 2 is 1.51 bits per heavy atom. The monoisotopic (exact) mass is 496 g/mol. The molecule has 0 bridgehead atoms. The number of aromatic nitrogens is 1. The summed E-state index contributed by atoms with van der Waals surface area (Å²) >= 11 is 0. The quantitative estimate of drug-likeness (QED) is 0.351. The van der Waals surface area contributed by atoms with E-state index >= 15 is 0 Å². The number of aryl methyl sites for hydroxylation is 1. The number of nitrogens with zero attached hydrogens (tertiary/aromatic N) is 2. The Labute approximate surface area is 215 Å². The van der Waals surface area contributed by atoms with Crippen LogP contribution < -0.4 is 0 Å². The average Bonchev–Trinajstić information content (AvgIpc) is 3.65. The van der Waals surface area contributed by atoms with E-state index in [9.17, 15) is 19.8 Å². The maximum absolute atomic E-state index is 13.0. The number of aliphatic hydroxyl groups excluding tert-OH is 1. The number of carbonyl (C=O) groups is 2. The number of hydrogen-bond donors (Lipinski definition) is 2. The number of amides is 1. The molecule has 188 valence electrons. The van der Waals surface area contributed by atoms with Gasteiger partial charge in [-0.2, -0.15) is 0 Å². The van der Waals surface area contributed by atoms with Crippen LogP contribution in [0.2, 0.25) is 0 Å². The topological polar surface area (TPSA) is 104 Å². The fourth-order valence-corrected chi connectivity index (χ4v) is 4.72. The summed E-state index contributed by atoms with van der Waals surface area (Å²) in [7, 11) is 1.66. The van der Waals surface area contributed by atoms with Crippen molar-refractivity contribution in [3.63, 3.8) is 0 Å². The largest absolute Gasteiger partial charge is 0.481 e. The van der Waals surface area contributed by atoms with E-state index in [1.54, 1.807) is 14.0 Å². The first-order valence-electron chi connectivity index (χ1n) is 12.2. The van der Waals surface area contributed by atoms with Crippen molar-refractivity contribution < 1.29 is 24.3 Å². The lowest BCUT2D eigenvalue weighted by Gasteiger charge is -2.21. The minimum atomic E-state index is -1.41. The first-order chi connectivity index (χ1) is 17.8. The molecule has 1 saturated carbocycles. The molecule has 1 aromatic heterocycles. The van der Waals surface area contributed by atoms with Crippen LogP contribution in [0.3, 0.4) is 0 Å². The van der Waals surface area contributed by atoms with E-state index in [0.717, 1.165) is 22.3 Å². The van der Waals surface area contributed by atoms with Crippen molar-refractivity contribution in [2.75, 3.05) is 7.05 Å². The van der Waals surface area contributed by atoms with Gasteiger partial charge in [-0.25, -0.2) is 0 Å². The van der Waals surface area contributed by atoms with Gasteiger partial charge in [0.25, 0.3) is 5.91 Å². The Morgan fingerprint density at radius 1 is 0.946 bits per heavy atom. The molecule has 7 nitrogen and oxygen atoms in total. The molecule has 7 heteroatoms. The van der Waals surface area contributed by atoms with E-state index < -0.39 is 23.4 Å². The van der Waals surface area contributed by atoms with Crippen molar-refractivity contribution in [2.24, 2.45) is 0 Å². The zero-order valence-corrected chi connectivity index (χ0v) is 20.7. The van der Waals surface area contributed by atoms with E-state index in [-0.39, 0.29) is 0 Å². The van der Waals surface area contributed by atoms with Crippen LogP contribution in [-0.2, 0) is 21.5 Å². The Kier molecular flexibility index (Phi) is 6.39. The van der Waals surface area contributed by atoms with E-state index in [4.69, 9.17) is 4.52 Å². The predicted octanol–water partition coefficient (Wildman–Crippen LogP) is 5.13. The van der Waals surface area contributed by atoms with Gasteiger partial charge >= 0.3 is 5.97 Å². The molecule has 4 aromatic rings. The summed E-state index contributed by atoms with van der Waals surface area (Å²) in [6, 6.07) is 24.8. The zero-order chi connectivity index (χ0) is 26.2. The van der Waals surface area contributed by atoms with Gasteiger partial charge in [0.1, 0.15) is 0 Å². The van der Waals surface area contributed by atoms with Gasteiger partial charge in [-0.3, -0.25) is 9.59 Å². The number of benzene rings is 3. The fraction of sp³-hybridized carbons (Fsp3) is 0.233. The Morgan fingerprint density at radius 3 is 2.08 bits per heavy atom. The van der Waals surface area contributed by atoms with E-state index in [2.05, 4.69) is 5.16 Å². The van der Waals surface area contributed by atoms with Gasteiger partial charge in [0.2, 0.25) is 0 Å². The van der Waals surface area contributed by atoms with Crippen LogP contribution in [-0.4, -0.2) is 39.2 Å². The Bertz CT molecular complexity index is 1420. The molecule has 1 amide bonds. The normalized spacial score (nSPS) is 14.7. The second kappa shape index (κ2) is 9.67. The lowest BCUT2D eigenvalue weighted by Crippen LogP contribution is -2.31. The number of aliphatic carboxylic acids is 1. The summed E-state index contributed by atoms with van der Waals surface area (Å²) in [6.45, 7) is 2.08. The third-order valence-electron chi connectivity index (χ3n) is 7.13. The molecule has 0 aliphatic heterocycles. The standard InChI is InChI=1S/C30H28N2O5/c1-19-25(26(33)28(34)32(2)18-20-6-4-3-5-7-20)27(37-31-19)23-10-8-21(9-11-23)22-12-14-24(15-13-22)30(16-17-30)29(35)36/h3-15,26,33H,16-18H2,1-2H3,(H,35,36). The first kappa shape index (κ1) is 24.5. The lowest BCUT2D eigenvalue weighted by molar-refractivity contribution is -0.140. The third-order valence-corrected chi connectivity index (χ3v) is 7.13. The van der Waals surface area contributed by atoms with E-state index in [0.29, 0.717) is 42.0 Å². The van der Waals surface area contributed by atoms with Gasteiger partial charge in [-0.15, -0.1) is 0 Å². The van der Waals surface area contributed by atoms with Crippen molar-refractivity contribution in [1.82, 2.24) is 10.1 Å². The van der Waals surface area contributed by atoms with Crippen molar-refractivity contribution in [1.29, 1.82) is 0 Å². The summed E-state index contributed by atoms with van der Waals surface area (Å²) < 4.78 is 5.54. The summed E-state index contributed by atoms with van der Waals surface area (Å²) in [4.78, 5) is 26.1. The number of rotatable bonds is 8. The van der Waals surface area contributed by atoms with Crippen molar-refractivity contribution >= 4 is 11.9 Å². The molecule has 2 N–H and O–H groups in total. The van der Waals surface area contributed by atoms with Crippen LogP contribution in [0.5, 0.6) is 0 Å². The van der Waals surface area contributed by atoms with Gasteiger partial charge in [-0.05, 0) is 42.0 Å². The number of carboxylic acids is 1. The highest BCUT2D eigenvalue weighted by atomic mass is 16.5. The second-order valence-corrected chi connectivity index (χ2v) is 9.64. The molecule has 1 aliphatic carbocycles. The van der Waals surface area contributed by atoms with Crippen molar-refractivity contribution in [3.05, 3.63) is 101 Å². The lowest BCUT2D eigenvalue weighted by atomic mass is 9.93. The molecule has 0 spiro atoms. The smallest absolute Gasteiger partial charge is 0.314 e. The summed E-state index contributed by atoms with van der Waals surface area (Å²) in [5.41, 5.74) is 4.48. The highest BCUT2D eigenvalue weighted by Gasteiger charge is 2.51. The molecule has 1 unspecified atom stereocenters. The molecule has 0 radical (unpaired) electrons. The number of carbonyl (C=O) groups excluding carboxylic acids is 1. The van der Waals surface area contributed by atoms with Gasteiger partial charge in [0, 0.05) is 19.2 Å². The summed E-state index contributed by atoms with van der Waals surface area (Å²) in [6.07, 6.45) is -0.0663. The highest BCUT2D eigenvalue weighted by molar-refractivity contribution is 5.86. The minimum absolute atomic E-state index is 0.352. The number of carboxylic acid groups (broad SMARTS) is 1. The van der Waals surface area contributed by atoms with Crippen molar-refractivity contribution in [2.45, 2.75) is 37.8 Å².